The van der Waals surface area contributed by atoms with Gasteiger partial charge >= 0.3 is 6.55 Å². The van der Waals surface area contributed by atoms with Crippen LogP contribution in [0.3, 0.4) is 0 Å². The number of halogens is 3. The lowest BCUT2D eigenvalue weighted by Crippen LogP contribution is -2.04. The molecule has 0 spiro atoms. The van der Waals surface area contributed by atoms with Gasteiger partial charge in [0.15, 0.2) is 0 Å². The number of nitrogens with zero attached hydrogens (tertiary/aromatic N) is 2. The molecule has 1 heterocycles. The van der Waals surface area contributed by atoms with Gasteiger partial charge in [0.05, 0.1) is 9.77 Å². The van der Waals surface area contributed by atoms with E-state index in [4.69, 9.17) is 5.73 Å². The minimum absolute atomic E-state index is 0.00981. The van der Waals surface area contributed by atoms with Crippen LogP contribution in [0.25, 0.3) is 0 Å². The van der Waals surface area contributed by atoms with Crippen LogP contribution in [0, 0.1) is 3.57 Å². The normalized spacial score (nSPS) is 10.8. The predicted octanol–water partition coefficient (Wildman–Crippen LogP) is 1.47. The van der Waals surface area contributed by atoms with Crippen LogP contribution in [0.4, 0.5) is 14.6 Å². The first-order valence-corrected chi connectivity index (χ1v) is 3.47. The lowest BCUT2D eigenvalue weighted by molar-refractivity contribution is 0.0591. The fraction of sp³-hybridized carbons (Fsp3) is 0.250. The van der Waals surface area contributed by atoms with Gasteiger partial charge in [-0.2, -0.15) is 18.6 Å². The first-order valence-electron chi connectivity index (χ1n) is 2.39. The molecule has 1 aromatic heterocycles. The lowest BCUT2D eigenvalue weighted by atomic mass is 10.7. The molecular formula is C4H4F2IN3. The van der Waals surface area contributed by atoms with Crippen LogP contribution >= 0.6 is 22.6 Å². The molecule has 0 aromatic carbocycles. The fourth-order valence-electron chi connectivity index (χ4n) is 0.506. The first-order chi connectivity index (χ1) is 4.63. The van der Waals surface area contributed by atoms with Gasteiger partial charge in [-0.25, -0.2) is 0 Å². The van der Waals surface area contributed by atoms with Crippen LogP contribution in [0.15, 0.2) is 6.20 Å². The third-order valence-electron chi connectivity index (χ3n) is 0.972. The molecule has 0 saturated heterocycles. The molecule has 0 bridgehead atoms. The average Bonchev–Trinajstić information content (AvgIpc) is 2.14. The highest BCUT2D eigenvalue weighted by atomic mass is 127. The van der Waals surface area contributed by atoms with Gasteiger partial charge in [0.2, 0.25) is 0 Å². The molecule has 3 nitrogen and oxygen atoms in total. The molecule has 0 aliphatic heterocycles. The van der Waals surface area contributed by atoms with E-state index in [2.05, 4.69) is 5.10 Å². The Hall–Kier alpha value is -0.400. The molecule has 0 amide bonds. The Balaban J connectivity index is 3.05. The molecular weight excluding hydrogens is 255 g/mol. The minimum atomic E-state index is -2.65. The molecule has 0 aliphatic carbocycles. The van der Waals surface area contributed by atoms with E-state index in [9.17, 15) is 8.78 Å². The van der Waals surface area contributed by atoms with Crippen molar-refractivity contribution in [3.8, 4) is 0 Å². The van der Waals surface area contributed by atoms with Crippen LogP contribution in [0.5, 0.6) is 0 Å². The van der Waals surface area contributed by atoms with Crippen molar-refractivity contribution < 1.29 is 8.78 Å². The van der Waals surface area contributed by atoms with E-state index in [1.54, 1.807) is 0 Å². The largest absolute Gasteiger partial charge is 0.383 e. The highest BCUT2D eigenvalue weighted by Gasteiger charge is 2.11. The van der Waals surface area contributed by atoms with Crippen LogP contribution < -0.4 is 5.73 Å². The summed E-state index contributed by atoms with van der Waals surface area (Å²) >= 11 is 1.84. The standard InChI is InChI=1S/C4H4F2IN3/c5-4(6)10-3(8)2(7)1-9-10/h1,4H,8H2. The Morgan fingerprint density at radius 3 is 2.50 bits per heavy atom. The second-order valence-electron chi connectivity index (χ2n) is 1.60. The van der Waals surface area contributed by atoms with E-state index in [1.807, 2.05) is 22.6 Å². The highest BCUT2D eigenvalue weighted by molar-refractivity contribution is 14.1. The molecule has 56 valence electrons. The summed E-state index contributed by atoms with van der Waals surface area (Å²) in [6.45, 7) is -2.65. The maximum atomic E-state index is 11.9. The number of anilines is 1. The van der Waals surface area contributed by atoms with Crippen molar-refractivity contribution in [1.29, 1.82) is 0 Å². The number of alkyl halides is 2. The predicted molar refractivity (Wildman–Crippen MR) is 40.6 cm³/mol. The summed E-state index contributed by atoms with van der Waals surface area (Å²) in [4.78, 5) is 0. The summed E-state index contributed by atoms with van der Waals surface area (Å²) in [6.07, 6.45) is 1.29. The number of nitrogen functional groups attached to an aromatic ring is 1. The Bertz CT molecular complexity index is 234. The minimum Gasteiger partial charge on any atom is -0.383 e. The van der Waals surface area contributed by atoms with E-state index in [1.165, 1.54) is 6.20 Å². The van der Waals surface area contributed by atoms with Crippen LogP contribution in [0.1, 0.15) is 6.55 Å². The fourth-order valence-corrected chi connectivity index (χ4v) is 0.878. The number of nitrogens with two attached hydrogens (primary N) is 1. The summed E-state index contributed by atoms with van der Waals surface area (Å²) in [6, 6.07) is 0. The highest BCUT2D eigenvalue weighted by Crippen LogP contribution is 2.19. The molecule has 1 aromatic rings. The van der Waals surface area contributed by atoms with Crippen molar-refractivity contribution in [1.82, 2.24) is 9.78 Å². The molecule has 0 radical (unpaired) electrons. The van der Waals surface area contributed by atoms with Crippen molar-refractivity contribution in [2.24, 2.45) is 0 Å². The molecule has 0 saturated carbocycles. The molecule has 0 atom stereocenters. The number of hydrogen-bond acceptors (Lipinski definition) is 2. The van der Waals surface area contributed by atoms with Crippen molar-refractivity contribution in [3.05, 3.63) is 9.77 Å². The third-order valence-corrected chi connectivity index (χ3v) is 1.80. The summed E-state index contributed by atoms with van der Waals surface area (Å²) in [5.41, 5.74) is 5.22. The van der Waals surface area contributed by atoms with E-state index in [0.717, 1.165) is 0 Å². The molecule has 0 aliphatic rings. The number of hydrogen-bond donors (Lipinski definition) is 1. The van der Waals surface area contributed by atoms with Gasteiger partial charge in [-0.3, -0.25) is 0 Å². The molecule has 1 rings (SSSR count). The SMILES string of the molecule is Nc1c(I)cnn1C(F)F. The molecule has 2 N–H and O–H groups in total. The van der Waals surface area contributed by atoms with E-state index < -0.39 is 6.55 Å². The van der Waals surface area contributed by atoms with Crippen molar-refractivity contribution in [2.45, 2.75) is 6.55 Å². The summed E-state index contributed by atoms with van der Waals surface area (Å²) in [5, 5.41) is 3.35. The van der Waals surface area contributed by atoms with E-state index in [-0.39, 0.29) is 5.82 Å². The van der Waals surface area contributed by atoms with Crippen LogP contribution in [0.2, 0.25) is 0 Å². The van der Waals surface area contributed by atoms with Crippen molar-refractivity contribution in [3.63, 3.8) is 0 Å². The maximum absolute atomic E-state index is 11.9. The van der Waals surface area contributed by atoms with Crippen molar-refractivity contribution >= 4 is 28.4 Å². The van der Waals surface area contributed by atoms with Crippen LogP contribution in [-0.4, -0.2) is 9.78 Å². The van der Waals surface area contributed by atoms with Gasteiger partial charge in [-0.1, -0.05) is 0 Å². The van der Waals surface area contributed by atoms with Gasteiger partial charge < -0.3 is 5.73 Å². The Kier molecular flexibility index (Phi) is 2.07. The third kappa shape index (κ3) is 1.20. The summed E-state index contributed by atoms with van der Waals surface area (Å²) in [7, 11) is 0. The first kappa shape index (κ1) is 7.70. The van der Waals surface area contributed by atoms with Crippen molar-refractivity contribution in [2.75, 3.05) is 5.73 Å². The maximum Gasteiger partial charge on any atom is 0.335 e. The van der Waals surface area contributed by atoms with Gasteiger partial charge in [0, 0.05) is 0 Å². The topological polar surface area (TPSA) is 43.8 Å². The summed E-state index contributed by atoms with van der Waals surface area (Å²) in [5.74, 6) is 0.00981. The second-order valence-corrected chi connectivity index (χ2v) is 2.76. The Morgan fingerprint density at radius 1 is 1.70 bits per heavy atom. The smallest absolute Gasteiger partial charge is 0.335 e. The van der Waals surface area contributed by atoms with Gasteiger partial charge in [-0.15, -0.1) is 0 Å². The Morgan fingerprint density at radius 2 is 2.30 bits per heavy atom. The molecule has 0 unspecified atom stereocenters. The molecule has 10 heavy (non-hydrogen) atoms. The number of rotatable bonds is 1. The zero-order valence-corrected chi connectivity index (χ0v) is 6.92. The monoisotopic (exact) mass is 259 g/mol. The molecule has 0 fully saturated rings. The zero-order valence-electron chi connectivity index (χ0n) is 4.76. The van der Waals surface area contributed by atoms with Gasteiger partial charge in [0.25, 0.3) is 0 Å². The number of aromatic nitrogens is 2. The summed E-state index contributed by atoms with van der Waals surface area (Å²) < 4.78 is 24.7. The van der Waals surface area contributed by atoms with Gasteiger partial charge in [-0.05, 0) is 22.6 Å². The van der Waals surface area contributed by atoms with E-state index >= 15 is 0 Å². The zero-order chi connectivity index (χ0) is 7.72. The second kappa shape index (κ2) is 2.69. The van der Waals surface area contributed by atoms with Gasteiger partial charge in [0.1, 0.15) is 5.82 Å². The van der Waals surface area contributed by atoms with Crippen LogP contribution in [-0.2, 0) is 0 Å². The quantitative estimate of drug-likeness (QED) is 0.776. The average molecular weight is 259 g/mol. The lowest BCUT2D eigenvalue weighted by Gasteiger charge is -1.99. The molecule has 6 heteroatoms. The van der Waals surface area contributed by atoms with E-state index in [0.29, 0.717) is 8.25 Å². The Labute approximate surface area is 69.3 Å².